The van der Waals surface area contributed by atoms with Gasteiger partial charge in [0.05, 0.1) is 6.42 Å². The lowest BCUT2D eigenvalue weighted by Crippen LogP contribution is -2.16. The van der Waals surface area contributed by atoms with Crippen molar-refractivity contribution in [3.8, 4) is 0 Å². The first-order valence-corrected chi connectivity index (χ1v) is 6.57. The van der Waals surface area contributed by atoms with Crippen LogP contribution in [0.3, 0.4) is 0 Å². The number of fused-ring (bicyclic) bond motifs is 1. The Balaban J connectivity index is 1.67. The van der Waals surface area contributed by atoms with E-state index in [1.165, 1.54) is 36.7 Å². The molecular formula is C14H16N4O. The Morgan fingerprint density at radius 3 is 2.89 bits per heavy atom. The highest BCUT2D eigenvalue weighted by molar-refractivity contribution is 5.90. The number of aromatic nitrogens is 3. The molecule has 98 valence electrons. The number of amides is 1. The highest BCUT2D eigenvalue weighted by atomic mass is 16.1. The van der Waals surface area contributed by atoms with E-state index in [0.717, 1.165) is 12.0 Å². The molecule has 5 nitrogen and oxygen atoms in total. The van der Waals surface area contributed by atoms with Crippen LogP contribution in [0.15, 0.2) is 24.5 Å². The summed E-state index contributed by atoms with van der Waals surface area (Å²) >= 11 is 0. The Bertz CT molecular complexity index is 577. The van der Waals surface area contributed by atoms with Crippen molar-refractivity contribution >= 4 is 11.9 Å². The normalized spacial score (nSPS) is 13.9. The van der Waals surface area contributed by atoms with Crippen LogP contribution in [-0.2, 0) is 24.1 Å². The number of H-pyrrole nitrogens is 1. The quantitative estimate of drug-likeness (QED) is 0.880. The molecule has 0 spiro atoms. The van der Waals surface area contributed by atoms with E-state index in [1.54, 1.807) is 0 Å². The summed E-state index contributed by atoms with van der Waals surface area (Å²) in [5.74, 6) is 0.315. The molecule has 0 saturated heterocycles. The van der Waals surface area contributed by atoms with Crippen molar-refractivity contribution in [3.05, 3.63) is 41.2 Å². The molecule has 3 rings (SSSR count). The molecule has 0 radical (unpaired) electrons. The van der Waals surface area contributed by atoms with Crippen LogP contribution in [0.5, 0.6) is 0 Å². The highest BCUT2D eigenvalue weighted by Gasteiger charge is 2.11. The van der Waals surface area contributed by atoms with E-state index in [2.05, 4.69) is 32.6 Å². The fourth-order valence-electron chi connectivity index (χ4n) is 2.52. The van der Waals surface area contributed by atoms with E-state index in [1.807, 2.05) is 6.07 Å². The van der Waals surface area contributed by atoms with Crippen LogP contribution >= 0.6 is 0 Å². The maximum atomic E-state index is 11.8. The van der Waals surface area contributed by atoms with E-state index in [4.69, 9.17) is 0 Å². The fourth-order valence-corrected chi connectivity index (χ4v) is 2.52. The Kier molecular flexibility index (Phi) is 3.27. The Morgan fingerprint density at radius 2 is 2.11 bits per heavy atom. The number of aromatic amines is 1. The van der Waals surface area contributed by atoms with E-state index >= 15 is 0 Å². The standard InChI is InChI=1S/C14H16N4O/c19-13(17-14-15-9-16-18-14)8-10-5-6-11-3-1-2-4-12(11)7-10/h5-7,9H,1-4,8H2,(H2,15,16,17,18,19). The van der Waals surface area contributed by atoms with Gasteiger partial charge in [0, 0.05) is 0 Å². The van der Waals surface area contributed by atoms with Gasteiger partial charge in [0.25, 0.3) is 0 Å². The first-order valence-electron chi connectivity index (χ1n) is 6.57. The van der Waals surface area contributed by atoms with Crippen LogP contribution in [0.4, 0.5) is 5.95 Å². The highest BCUT2D eigenvalue weighted by Crippen LogP contribution is 2.22. The smallest absolute Gasteiger partial charge is 0.231 e. The predicted octanol–water partition coefficient (Wildman–Crippen LogP) is 1.86. The van der Waals surface area contributed by atoms with Gasteiger partial charge in [0.1, 0.15) is 6.33 Å². The molecule has 1 heterocycles. The Morgan fingerprint density at radius 1 is 1.26 bits per heavy atom. The lowest BCUT2D eigenvalue weighted by Gasteiger charge is -2.16. The summed E-state index contributed by atoms with van der Waals surface area (Å²) in [6.07, 6.45) is 6.56. The minimum absolute atomic E-state index is 0.0764. The maximum absolute atomic E-state index is 11.8. The van der Waals surface area contributed by atoms with Gasteiger partial charge in [-0.25, -0.2) is 5.10 Å². The van der Waals surface area contributed by atoms with Crippen molar-refractivity contribution in [2.45, 2.75) is 32.1 Å². The SMILES string of the molecule is O=C(Cc1ccc2c(c1)CCCC2)Nc1ncn[nH]1. The van der Waals surface area contributed by atoms with Crippen LogP contribution < -0.4 is 5.32 Å². The summed E-state index contributed by atoms with van der Waals surface area (Å²) < 4.78 is 0. The summed E-state index contributed by atoms with van der Waals surface area (Å²) in [6.45, 7) is 0. The number of anilines is 1. The lowest BCUT2D eigenvalue weighted by molar-refractivity contribution is -0.115. The second-order valence-electron chi connectivity index (χ2n) is 4.87. The van der Waals surface area contributed by atoms with Gasteiger partial charge in [-0.3, -0.25) is 10.1 Å². The Hall–Kier alpha value is -2.17. The summed E-state index contributed by atoms with van der Waals surface area (Å²) in [5, 5.41) is 8.98. The summed E-state index contributed by atoms with van der Waals surface area (Å²) in [4.78, 5) is 15.7. The zero-order valence-corrected chi connectivity index (χ0v) is 10.6. The molecule has 1 aromatic carbocycles. The van der Waals surface area contributed by atoms with E-state index < -0.39 is 0 Å². The first kappa shape index (κ1) is 11.9. The fraction of sp³-hybridized carbons (Fsp3) is 0.357. The predicted molar refractivity (Wildman–Crippen MR) is 71.8 cm³/mol. The van der Waals surface area contributed by atoms with Crippen LogP contribution in [0, 0.1) is 0 Å². The van der Waals surface area contributed by atoms with Crippen LogP contribution in [-0.4, -0.2) is 21.1 Å². The van der Waals surface area contributed by atoms with Gasteiger partial charge in [0.15, 0.2) is 0 Å². The largest absolute Gasteiger partial charge is 0.295 e. The molecular weight excluding hydrogens is 240 g/mol. The molecule has 2 aromatic rings. The number of rotatable bonds is 3. The molecule has 1 amide bonds. The third-order valence-corrected chi connectivity index (χ3v) is 3.45. The summed E-state index contributed by atoms with van der Waals surface area (Å²) in [7, 11) is 0. The third-order valence-electron chi connectivity index (χ3n) is 3.45. The molecule has 0 aliphatic heterocycles. The molecule has 2 N–H and O–H groups in total. The number of nitrogens with zero attached hydrogens (tertiary/aromatic N) is 2. The van der Waals surface area contributed by atoms with Crippen molar-refractivity contribution in [2.75, 3.05) is 5.32 Å². The van der Waals surface area contributed by atoms with E-state index in [9.17, 15) is 4.79 Å². The number of nitrogens with one attached hydrogen (secondary N) is 2. The average Bonchev–Trinajstić information content (AvgIpc) is 2.91. The summed E-state index contributed by atoms with van der Waals surface area (Å²) in [5.41, 5.74) is 3.89. The molecule has 0 saturated carbocycles. The Labute approximate surface area is 111 Å². The van der Waals surface area contributed by atoms with Gasteiger partial charge in [-0.1, -0.05) is 18.2 Å². The molecule has 1 aliphatic rings. The monoisotopic (exact) mass is 256 g/mol. The number of hydrogen-bond acceptors (Lipinski definition) is 3. The number of hydrogen-bond donors (Lipinski definition) is 2. The molecule has 0 unspecified atom stereocenters. The van der Waals surface area contributed by atoms with Crippen molar-refractivity contribution in [3.63, 3.8) is 0 Å². The minimum Gasteiger partial charge on any atom is -0.295 e. The third kappa shape index (κ3) is 2.81. The van der Waals surface area contributed by atoms with Crippen molar-refractivity contribution in [1.82, 2.24) is 15.2 Å². The van der Waals surface area contributed by atoms with Gasteiger partial charge >= 0.3 is 0 Å². The molecule has 5 heteroatoms. The number of carbonyl (C=O) groups is 1. The molecule has 0 fully saturated rings. The molecule has 19 heavy (non-hydrogen) atoms. The number of benzene rings is 1. The lowest BCUT2D eigenvalue weighted by atomic mass is 9.90. The molecule has 0 bridgehead atoms. The van der Waals surface area contributed by atoms with Crippen molar-refractivity contribution in [1.29, 1.82) is 0 Å². The zero-order chi connectivity index (χ0) is 13.1. The zero-order valence-electron chi connectivity index (χ0n) is 10.6. The van der Waals surface area contributed by atoms with Crippen molar-refractivity contribution in [2.24, 2.45) is 0 Å². The van der Waals surface area contributed by atoms with Crippen LogP contribution in [0.2, 0.25) is 0 Å². The van der Waals surface area contributed by atoms with E-state index in [-0.39, 0.29) is 5.91 Å². The average molecular weight is 256 g/mol. The summed E-state index contributed by atoms with van der Waals surface area (Å²) in [6, 6.07) is 6.37. The van der Waals surface area contributed by atoms with Gasteiger partial charge in [-0.15, -0.1) is 0 Å². The van der Waals surface area contributed by atoms with Crippen LogP contribution in [0.1, 0.15) is 29.5 Å². The maximum Gasteiger partial charge on any atom is 0.231 e. The first-order chi connectivity index (χ1) is 9.31. The molecule has 0 atom stereocenters. The van der Waals surface area contributed by atoms with Gasteiger partial charge in [-0.05, 0) is 42.4 Å². The van der Waals surface area contributed by atoms with Crippen LogP contribution in [0.25, 0.3) is 0 Å². The van der Waals surface area contributed by atoms with Crippen molar-refractivity contribution < 1.29 is 4.79 Å². The molecule has 1 aliphatic carbocycles. The van der Waals surface area contributed by atoms with Gasteiger partial charge < -0.3 is 0 Å². The topological polar surface area (TPSA) is 70.7 Å². The second-order valence-corrected chi connectivity index (χ2v) is 4.87. The second kappa shape index (κ2) is 5.22. The van der Waals surface area contributed by atoms with Gasteiger partial charge in [-0.2, -0.15) is 10.1 Å². The molecule has 1 aromatic heterocycles. The van der Waals surface area contributed by atoms with E-state index in [0.29, 0.717) is 12.4 Å². The van der Waals surface area contributed by atoms with Gasteiger partial charge in [0.2, 0.25) is 11.9 Å². The minimum atomic E-state index is -0.0764. The number of aryl methyl sites for hydroxylation is 2. The number of carbonyl (C=O) groups excluding carboxylic acids is 1.